The molecule has 4 rings (SSSR count). The molecule has 0 atom stereocenters. The van der Waals surface area contributed by atoms with Crippen molar-refractivity contribution in [2.24, 2.45) is 0 Å². The van der Waals surface area contributed by atoms with Gasteiger partial charge >= 0.3 is 0 Å². The molecule has 1 amide bonds. The minimum Gasteiger partial charge on any atom is -0.383 e. The first-order chi connectivity index (χ1) is 15.0. The van der Waals surface area contributed by atoms with E-state index in [1.165, 1.54) is 0 Å². The molecule has 8 nitrogen and oxygen atoms in total. The van der Waals surface area contributed by atoms with Crippen LogP contribution in [0, 0.1) is 6.92 Å². The molecule has 2 heterocycles. The number of hydrogen-bond acceptors (Lipinski definition) is 5. The van der Waals surface area contributed by atoms with Crippen LogP contribution in [0.5, 0.6) is 0 Å². The predicted octanol–water partition coefficient (Wildman–Crippen LogP) is 2.91. The first-order valence-electron chi connectivity index (χ1n) is 9.94. The fraction of sp³-hybridized carbons (Fsp3) is 0.217. The van der Waals surface area contributed by atoms with Gasteiger partial charge in [0.2, 0.25) is 0 Å². The third-order valence-electron chi connectivity index (χ3n) is 5.01. The van der Waals surface area contributed by atoms with Crippen molar-refractivity contribution < 1.29 is 9.53 Å². The van der Waals surface area contributed by atoms with E-state index >= 15 is 0 Å². The van der Waals surface area contributed by atoms with Crippen molar-refractivity contribution in [1.29, 1.82) is 0 Å². The normalized spacial score (nSPS) is 11.0. The lowest BCUT2D eigenvalue weighted by molar-refractivity contribution is 0.0669. The summed E-state index contributed by atoms with van der Waals surface area (Å²) in [5.74, 6) is 0.158. The fourth-order valence-electron chi connectivity index (χ4n) is 3.32. The summed E-state index contributed by atoms with van der Waals surface area (Å²) in [5.41, 5.74) is 3.47. The number of rotatable bonds is 7. The molecule has 158 valence electrons. The summed E-state index contributed by atoms with van der Waals surface area (Å²) in [7, 11) is 1.57. The maximum absolute atomic E-state index is 13.2. The van der Waals surface area contributed by atoms with Gasteiger partial charge in [-0.3, -0.25) is 14.7 Å². The van der Waals surface area contributed by atoms with Crippen LogP contribution in [-0.2, 0) is 11.3 Å². The fourth-order valence-corrected chi connectivity index (χ4v) is 3.32. The molecule has 0 fully saturated rings. The summed E-state index contributed by atoms with van der Waals surface area (Å²) in [6, 6.07) is 16.8. The van der Waals surface area contributed by atoms with Gasteiger partial charge in [-0.1, -0.05) is 42.0 Å². The highest BCUT2D eigenvalue weighted by molar-refractivity contribution is 5.93. The molecule has 2 aromatic carbocycles. The van der Waals surface area contributed by atoms with Crippen LogP contribution < -0.4 is 5.56 Å². The Kier molecular flexibility index (Phi) is 5.90. The number of para-hydroxylation sites is 1. The molecule has 8 heteroatoms. The summed E-state index contributed by atoms with van der Waals surface area (Å²) in [6.07, 6.45) is 0. The number of benzene rings is 2. The van der Waals surface area contributed by atoms with Crippen LogP contribution in [0.4, 0.5) is 0 Å². The SMILES string of the molecule is COCCN(Cc1nc2ccccc2c(=O)[nH]1)C(=O)c1cc(-c2ccc(C)cc2)n[nH]1. The highest BCUT2D eigenvalue weighted by atomic mass is 16.5. The Bertz CT molecular complexity index is 1260. The molecule has 0 saturated heterocycles. The Balaban J connectivity index is 1.60. The molecule has 0 aliphatic rings. The van der Waals surface area contributed by atoms with Gasteiger partial charge in [-0.2, -0.15) is 5.10 Å². The van der Waals surface area contributed by atoms with Gasteiger partial charge in [0.25, 0.3) is 11.5 Å². The van der Waals surface area contributed by atoms with Crippen LogP contribution in [-0.4, -0.2) is 51.2 Å². The van der Waals surface area contributed by atoms with Crippen LogP contribution in [0.3, 0.4) is 0 Å². The largest absolute Gasteiger partial charge is 0.383 e. The zero-order valence-corrected chi connectivity index (χ0v) is 17.4. The van der Waals surface area contributed by atoms with Gasteiger partial charge in [0.1, 0.15) is 11.5 Å². The van der Waals surface area contributed by atoms with Crippen LogP contribution in [0.25, 0.3) is 22.2 Å². The van der Waals surface area contributed by atoms with E-state index in [-0.39, 0.29) is 18.0 Å². The lowest BCUT2D eigenvalue weighted by Crippen LogP contribution is -2.35. The number of ether oxygens (including phenoxy) is 1. The molecular formula is C23H23N5O3. The Hall–Kier alpha value is -3.78. The number of carbonyl (C=O) groups is 1. The van der Waals surface area contributed by atoms with E-state index < -0.39 is 0 Å². The maximum atomic E-state index is 13.2. The maximum Gasteiger partial charge on any atom is 0.272 e. The topological polar surface area (TPSA) is 104 Å². The lowest BCUT2D eigenvalue weighted by atomic mass is 10.1. The van der Waals surface area contributed by atoms with E-state index in [1.807, 2.05) is 37.3 Å². The number of methoxy groups -OCH3 is 1. The molecule has 2 N–H and O–H groups in total. The van der Waals surface area contributed by atoms with Crippen LogP contribution >= 0.6 is 0 Å². The molecule has 4 aromatic rings. The van der Waals surface area contributed by atoms with Crippen molar-refractivity contribution in [2.45, 2.75) is 13.5 Å². The minimum atomic E-state index is -0.251. The van der Waals surface area contributed by atoms with Crippen molar-refractivity contribution in [3.05, 3.63) is 82.0 Å². The third kappa shape index (κ3) is 4.54. The predicted molar refractivity (Wildman–Crippen MR) is 118 cm³/mol. The summed E-state index contributed by atoms with van der Waals surface area (Å²) < 4.78 is 5.16. The molecule has 0 aliphatic carbocycles. The molecule has 0 unspecified atom stereocenters. The van der Waals surface area contributed by atoms with Crippen molar-refractivity contribution >= 4 is 16.8 Å². The molecule has 0 spiro atoms. The number of aromatic nitrogens is 4. The minimum absolute atomic E-state index is 0.140. The van der Waals surface area contributed by atoms with Gasteiger partial charge in [0.15, 0.2) is 0 Å². The number of fused-ring (bicyclic) bond motifs is 1. The van der Waals surface area contributed by atoms with E-state index in [9.17, 15) is 9.59 Å². The molecule has 0 aliphatic heterocycles. The van der Waals surface area contributed by atoms with Gasteiger partial charge in [-0.15, -0.1) is 0 Å². The van der Waals surface area contributed by atoms with Gasteiger partial charge in [0, 0.05) is 19.2 Å². The van der Waals surface area contributed by atoms with E-state index in [0.29, 0.717) is 41.3 Å². The highest BCUT2D eigenvalue weighted by Gasteiger charge is 2.20. The second-order valence-corrected chi connectivity index (χ2v) is 7.28. The summed E-state index contributed by atoms with van der Waals surface area (Å²) >= 11 is 0. The van der Waals surface area contributed by atoms with Gasteiger partial charge in [0.05, 0.1) is 29.7 Å². The summed E-state index contributed by atoms with van der Waals surface area (Å²) in [6.45, 7) is 2.84. The van der Waals surface area contributed by atoms with Gasteiger partial charge in [-0.25, -0.2) is 4.98 Å². The average molecular weight is 417 g/mol. The molecule has 2 aromatic heterocycles. The van der Waals surface area contributed by atoms with Gasteiger partial charge < -0.3 is 14.6 Å². The quantitative estimate of drug-likeness (QED) is 0.481. The van der Waals surface area contributed by atoms with E-state index in [4.69, 9.17) is 4.74 Å². The second-order valence-electron chi connectivity index (χ2n) is 7.28. The van der Waals surface area contributed by atoms with Crippen molar-refractivity contribution in [3.8, 4) is 11.3 Å². The molecule has 0 radical (unpaired) electrons. The number of aromatic amines is 2. The zero-order valence-electron chi connectivity index (χ0n) is 17.4. The second kappa shape index (κ2) is 8.93. The van der Waals surface area contributed by atoms with E-state index in [2.05, 4.69) is 20.2 Å². The van der Waals surface area contributed by atoms with Crippen LogP contribution in [0.1, 0.15) is 21.9 Å². The third-order valence-corrected chi connectivity index (χ3v) is 5.01. The molecule has 0 saturated carbocycles. The van der Waals surface area contributed by atoms with Crippen molar-refractivity contribution in [3.63, 3.8) is 0 Å². The number of aryl methyl sites for hydroxylation is 1. The Morgan fingerprint density at radius 3 is 2.68 bits per heavy atom. The zero-order chi connectivity index (χ0) is 21.8. The summed E-state index contributed by atoms with van der Waals surface area (Å²) in [4.78, 5) is 34.4. The molecule has 31 heavy (non-hydrogen) atoms. The van der Waals surface area contributed by atoms with Crippen LogP contribution in [0.15, 0.2) is 59.4 Å². The number of H-pyrrole nitrogens is 2. The Morgan fingerprint density at radius 2 is 1.90 bits per heavy atom. The van der Waals surface area contributed by atoms with Crippen molar-refractivity contribution in [1.82, 2.24) is 25.1 Å². The first kappa shape index (κ1) is 20.5. The average Bonchev–Trinajstić information content (AvgIpc) is 3.27. The first-order valence-corrected chi connectivity index (χ1v) is 9.94. The Labute approximate surface area is 178 Å². The lowest BCUT2D eigenvalue weighted by Gasteiger charge is -2.21. The number of carbonyl (C=O) groups excluding carboxylic acids is 1. The number of nitrogens with one attached hydrogen (secondary N) is 2. The van der Waals surface area contributed by atoms with E-state index in [1.54, 1.807) is 36.3 Å². The number of amides is 1. The standard InChI is InChI=1S/C23H23N5O3/c1-15-7-9-16(10-8-15)19-13-20(27-26-19)23(30)28(11-12-31-2)14-21-24-18-6-4-3-5-17(18)22(29)25-21/h3-10,13H,11-12,14H2,1-2H3,(H,26,27)(H,24,25,29). The molecular weight excluding hydrogens is 394 g/mol. The molecule has 0 bridgehead atoms. The smallest absolute Gasteiger partial charge is 0.272 e. The Morgan fingerprint density at radius 1 is 1.13 bits per heavy atom. The number of hydrogen-bond donors (Lipinski definition) is 2. The number of nitrogens with zero attached hydrogens (tertiary/aromatic N) is 3. The monoisotopic (exact) mass is 417 g/mol. The van der Waals surface area contributed by atoms with Gasteiger partial charge in [-0.05, 0) is 25.1 Å². The van der Waals surface area contributed by atoms with Crippen LogP contribution in [0.2, 0.25) is 0 Å². The van der Waals surface area contributed by atoms with E-state index in [0.717, 1.165) is 11.1 Å². The highest BCUT2D eigenvalue weighted by Crippen LogP contribution is 2.19. The van der Waals surface area contributed by atoms with Crippen molar-refractivity contribution in [2.75, 3.05) is 20.3 Å². The summed E-state index contributed by atoms with van der Waals surface area (Å²) in [5, 5.41) is 7.62.